The van der Waals surface area contributed by atoms with Crippen LogP contribution in [0.4, 0.5) is 5.69 Å². The van der Waals surface area contributed by atoms with Crippen molar-refractivity contribution >= 4 is 23.9 Å². The average Bonchev–Trinajstić information content (AvgIpc) is 2.61. The number of benzene rings is 2. The Hall–Kier alpha value is -3.08. The van der Waals surface area contributed by atoms with Crippen LogP contribution in [0.25, 0.3) is 6.08 Å². The molecule has 0 aliphatic rings. The van der Waals surface area contributed by atoms with E-state index in [0.29, 0.717) is 5.75 Å². The van der Waals surface area contributed by atoms with Crippen LogP contribution in [0.2, 0.25) is 0 Å². The molecule has 24 heavy (non-hydrogen) atoms. The molecule has 0 saturated carbocycles. The zero-order valence-electron chi connectivity index (χ0n) is 13.8. The van der Waals surface area contributed by atoms with E-state index in [1.165, 1.54) is 0 Å². The third kappa shape index (κ3) is 5.61. The van der Waals surface area contributed by atoms with Crippen molar-refractivity contribution in [1.82, 2.24) is 5.43 Å². The highest BCUT2D eigenvalue weighted by molar-refractivity contribution is 5.87. The maximum Gasteiger partial charge on any atom is 0.259 e. The first-order valence-corrected chi connectivity index (χ1v) is 7.61. The van der Waals surface area contributed by atoms with Gasteiger partial charge in [-0.05, 0) is 30.2 Å². The fourth-order valence-electron chi connectivity index (χ4n) is 2.06. The molecule has 0 aromatic heterocycles. The Kier molecular flexibility index (Phi) is 6.58. The quantitative estimate of drug-likeness (QED) is 0.607. The molecule has 5 heteroatoms. The van der Waals surface area contributed by atoms with Gasteiger partial charge < -0.3 is 10.1 Å². The molecule has 2 aromatic carbocycles. The number of para-hydroxylation sites is 2. The van der Waals surface area contributed by atoms with Crippen LogP contribution < -0.4 is 15.5 Å². The molecule has 0 fully saturated rings. The third-order valence-corrected chi connectivity index (χ3v) is 3.20. The van der Waals surface area contributed by atoms with E-state index in [0.717, 1.165) is 16.8 Å². The predicted molar refractivity (Wildman–Crippen MR) is 98.2 cm³/mol. The van der Waals surface area contributed by atoms with Gasteiger partial charge in [-0.25, -0.2) is 5.43 Å². The molecule has 0 bridgehead atoms. The molecule has 0 saturated heterocycles. The fourth-order valence-corrected chi connectivity index (χ4v) is 2.06. The molecular weight excluding hydrogens is 302 g/mol. The van der Waals surface area contributed by atoms with Gasteiger partial charge in [-0.2, -0.15) is 5.10 Å². The molecule has 0 unspecified atom stereocenters. The molecule has 0 aliphatic carbocycles. The number of anilines is 1. The molecule has 5 nitrogen and oxygen atoms in total. The van der Waals surface area contributed by atoms with E-state index >= 15 is 0 Å². The van der Waals surface area contributed by atoms with Crippen molar-refractivity contribution in [3.05, 3.63) is 65.7 Å². The van der Waals surface area contributed by atoms with E-state index in [1.54, 1.807) is 13.3 Å². The fraction of sp³-hybridized carbons (Fsp3) is 0.158. The minimum absolute atomic E-state index is 0.110. The smallest absolute Gasteiger partial charge is 0.259 e. The number of nitrogens with zero attached hydrogens (tertiary/aromatic N) is 1. The van der Waals surface area contributed by atoms with Crippen molar-refractivity contribution in [1.29, 1.82) is 0 Å². The highest BCUT2D eigenvalue weighted by atomic mass is 16.5. The lowest BCUT2D eigenvalue weighted by Crippen LogP contribution is -2.26. The molecule has 0 atom stereocenters. The lowest BCUT2D eigenvalue weighted by molar-refractivity contribution is -0.119. The minimum Gasteiger partial charge on any atom is -0.495 e. The van der Waals surface area contributed by atoms with Gasteiger partial charge in [-0.15, -0.1) is 0 Å². The van der Waals surface area contributed by atoms with Gasteiger partial charge >= 0.3 is 0 Å². The van der Waals surface area contributed by atoms with Crippen molar-refractivity contribution in [3.63, 3.8) is 0 Å². The van der Waals surface area contributed by atoms with E-state index in [1.807, 2.05) is 67.6 Å². The van der Waals surface area contributed by atoms with E-state index in [-0.39, 0.29) is 12.5 Å². The molecule has 2 N–H and O–H groups in total. The number of hydrogen-bond donors (Lipinski definition) is 2. The summed E-state index contributed by atoms with van der Waals surface area (Å²) in [4.78, 5) is 11.8. The summed E-state index contributed by atoms with van der Waals surface area (Å²) in [7, 11) is 1.59. The van der Waals surface area contributed by atoms with Crippen LogP contribution in [0.15, 0.2) is 65.3 Å². The summed E-state index contributed by atoms with van der Waals surface area (Å²) in [6.45, 7) is 2.04. The molecule has 2 rings (SSSR count). The lowest BCUT2D eigenvalue weighted by atomic mass is 10.1. The van der Waals surface area contributed by atoms with Gasteiger partial charge in [-0.3, -0.25) is 4.79 Å². The summed E-state index contributed by atoms with van der Waals surface area (Å²) in [5, 5.41) is 6.97. The molecule has 0 aliphatic heterocycles. The summed E-state index contributed by atoms with van der Waals surface area (Å²) < 4.78 is 5.22. The first kappa shape index (κ1) is 17.3. The van der Waals surface area contributed by atoms with Crippen LogP contribution in [0.1, 0.15) is 12.5 Å². The van der Waals surface area contributed by atoms with Crippen molar-refractivity contribution in [2.24, 2.45) is 5.10 Å². The van der Waals surface area contributed by atoms with Crippen LogP contribution in [0, 0.1) is 0 Å². The lowest BCUT2D eigenvalue weighted by Gasteiger charge is -2.09. The number of carbonyl (C=O) groups excluding carboxylic acids is 1. The Bertz CT molecular complexity index is 724. The molecular formula is C19H21N3O2. The van der Waals surface area contributed by atoms with Crippen molar-refractivity contribution in [2.75, 3.05) is 19.0 Å². The number of allylic oxidation sites excluding steroid dienone is 1. The number of ether oxygens (including phenoxy) is 1. The molecule has 1 amide bonds. The van der Waals surface area contributed by atoms with Crippen LogP contribution >= 0.6 is 0 Å². The summed E-state index contributed by atoms with van der Waals surface area (Å²) in [6, 6.07) is 17.4. The Morgan fingerprint density at radius 2 is 1.83 bits per heavy atom. The Morgan fingerprint density at radius 1 is 1.12 bits per heavy atom. The number of hydrogen-bond acceptors (Lipinski definition) is 4. The first-order chi connectivity index (χ1) is 11.7. The average molecular weight is 323 g/mol. The largest absolute Gasteiger partial charge is 0.495 e. The number of methoxy groups -OCH3 is 1. The van der Waals surface area contributed by atoms with Gasteiger partial charge in [0.15, 0.2) is 0 Å². The van der Waals surface area contributed by atoms with Crippen LogP contribution in [-0.2, 0) is 4.79 Å². The second-order valence-electron chi connectivity index (χ2n) is 5.15. The first-order valence-electron chi connectivity index (χ1n) is 7.61. The SMILES string of the molecule is COc1ccccc1NCC(=O)N/N=C/C(C)=C/c1ccccc1. The maximum absolute atomic E-state index is 11.8. The van der Waals surface area contributed by atoms with Gasteiger partial charge in [0.2, 0.25) is 0 Å². The second-order valence-corrected chi connectivity index (χ2v) is 5.15. The molecule has 0 radical (unpaired) electrons. The molecule has 0 heterocycles. The Labute approximate surface area is 142 Å². The van der Waals surface area contributed by atoms with E-state index in [9.17, 15) is 4.79 Å². The third-order valence-electron chi connectivity index (χ3n) is 3.20. The Balaban J connectivity index is 1.81. The summed E-state index contributed by atoms with van der Waals surface area (Å²) in [5.74, 6) is 0.458. The van der Waals surface area contributed by atoms with Crippen LogP contribution in [0.3, 0.4) is 0 Å². The molecule has 2 aromatic rings. The zero-order valence-corrected chi connectivity index (χ0v) is 13.8. The topological polar surface area (TPSA) is 62.7 Å². The highest BCUT2D eigenvalue weighted by Gasteiger charge is 2.03. The van der Waals surface area contributed by atoms with Crippen molar-refractivity contribution < 1.29 is 9.53 Å². The van der Waals surface area contributed by atoms with Crippen molar-refractivity contribution in [2.45, 2.75) is 6.92 Å². The van der Waals surface area contributed by atoms with Gasteiger partial charge in [-0.1, -0.05) is 48.5 Å². The van der Waals surface area contributed by atoms with Gasteiger partial charge in [0.1, 0.15) is 5.75 Å². The number of carbonyl (C=O) groups is 1. The number of nitrogens with one attached hydrogen (secondary N) is 2. The van der Waals surface area contributed by atoms with Crippen molar-refractivity contribution in [3.8, 4) is 5.75 Å². The highest BCUT2D eigenvalue weighted by Crippen LogP contribution is 2.22. The Morgan fingerprint density at radius 3 is 2.58 bits per heavy atom. The summed E-state index contributed by atoms with van der Waals surface area (Å²) >= 11 is 0. The second kappa shape index (κ2) is 9.15. The summed E-state index contributed by atoms with van der Waals surface area (Å²) in [5.41, 5.74) is 5.29. The minimum atomic E-state index is -0.232. The zero-order chi connectivity index (χ0) is 17.2. The normalized spacial score (nSPS) is 11.3. The van der Waals surface area contributed by atoms with Crippen LogP contribution in [0.5, 0.6) is 5.75 Å². The number of rotatable bonds is 7. The van der Waals surface area contributed by atoms with E-state index < -0.39 is 0 Å². The maximum atomic E-state index is 11.8. The van der Waals surface area contributed by atoms with Gasteiger partial charge in [0.25, 0.3) is 5.91 Å². The predicted octanol–water partition coefficient (Wildman–Crippen LogP) is 3.31. The molecule has 0 spiro atoms. The van der Waals surface area contributed by atoms with Crippen LogP contribution in [-0.4, -0.2) is 25.8 Å². The monoisotopic (exact) mass is 323 g/mol. The number of amides is 1. The summed E-state index contributed by atoms with van der Waals surface area (Å²) in [6.07, 6.45) is 3.61. The van der Waals surface area contributed by atoms with Gasteiger partial charge in [0.05, 0.1) is 25.6 Å². The molecule has 124 valence electrons. The van der Waals surface area contributed by atoms with Gasteiger partial charge in [0, 0.05) is 0 Å². The van der Waals surface area contributed by atoms with E-state index in [2.05, 4.69) is 15.8 Å². The van der Waals surface area contributed by atoms with E-state index in [4.69, 9.17) is 4.74 Å². The standard InChI is InChI=1S/C19H21N3O2/c1-15(12-16-8-4-3-5-9-16)13-21-22-19(23)14-20-17-10-6-7-11-18(17)24-2/h3-13,20H,14H2,1-2H3,(H,22,23)/b15-12+,21-13+. The number of hydrazone groups is 1.